The van der Waals surface area contributed by atoms with Gasteiger partial charge in [-0.3, -0.25) is 0 Å². The van der Waals surface area contributed by atoms with E-state index in [0.717, 1.165) is 5.69 Å². The molecule has 0 aliphatic heterocycles. The predicted molar refractivity (Wildman–Crippen MR) is 89.9 cm³/mol. The van der Waals surface area contributed by atoms with Crippen LogP contribution in [0.4, 0.5) is 16.2 Å². The van der Waals surface area contributed by atoms with Crippen molar-refractivity contribution in [2.75, 3.05) is 16.9 Å². The lowest BCUT2D eigenvalue weighted by atomic mass is 10.1. The van der Waals surface area contributed by atoms with Crippen LogP contribution in [0.2, 0.25) is 0 Å². The fraction of sp³-hybridized carbons (Fsp3) is 0.188. The highest BCUT2D eigenvalue weighted by Crippen LogP contribution is 2.23. The molecule has 0 spiro atoms. The molecule has 0 aliphatic carbocycles. The summed E-state index contributed by atoms with van der Waals surface area (Å²) in [6.07, 6.45) is 2.07. The van der Waals surface area contributed by atoms with E-state index in [1.54, 1.807) is 11.8 Å². The molecule has 1 unspecified atom stereocenters. The Bertz CT molecular complexity index is 596. The Morgan fingerprint density at radius 1 is 1.05 bits per heavy atom. The van der Waals surface area contributed by atoms with Crippen LogP contribution in [0.1, 0.15) is 18.5 Å². The van der Waals surface area contributed by atoms with Crippen molar-refractivity contribution in [2.45, 2.75) is 17.9 Å². The lowest BCUT2D eigenvalue weighted by Crippen LogP contribution is -2.19. The number of hydrogen-bond donors (Lipinski definition) is 3. The van der Waals surface area contributed by atoms with Crippen LogP contribution in [0.15, 0.2) is 53.4 Å². The molecule has 21 heavy (non-hydrogen) atoms. The van der Waals surface area contributed by atoms with Crippen molar-refractivity contribution in [3.8, 4) is 0 Å². The third-order valence-corrected chi connectivity index (χ3v) is 3.89. The first kappa shape index (κ1) is 15.3. The van der Waals surface area contributed by atoms with E-state index < -0.39 is 6.03 Å². The summed E-state index contributed by atoms with van der Waals surface area (Å²) in [7, 11) is 0. The Morgan fingerprint density at radius 3 is 2.14 bits per heavy atom. The minimum atomic E-state index is -0.557. The number of primary amides is 1. The Kier molecular flexibility index (Phi) is 5.11. The zero-order valence-electron chi connectivity index (χ0n) is 12.1. The molecule has 0 fully saturated rings. The molecule has 0 aromatic heterocycles. The minimum absolute atomic E-state index is 0.204. The predicted octanol–water partition coefficient (Wildman–Crippen LogP) is 4.07. The van der Waals surface area contributed by atoms with Gasteiger partial charge in [-0.05, 0) is 55.1 Å². The molecular weight excluding hydrogens is 282 g/mol. The Morgan fingerprint density at radius 2 is 1.62 bits per heavy atom. The average Bonchev–Trinajstić information content (AvgIpc) is 2.49. The summed E-state index contributed by atoms with van der Waals surface area (Å²) >= 11 is 1.73. The van der Waals surface area contributed by atoms with Crippen LogP contribution in [0.3, 0.4) is 0 Å². The number of amides is 2. The molecule has 1 atom stereocenters. The number of urea groups is 1. The van der Waals surface area contributed by atoms with E-state index in [2.05, 4.69) is 48.1 Å². The second-order valence-corrected chi connectivity index (χ2v) is 5.59. The van der Waals surface area contributed by atoms with Gasteiger partial charge in [0.2, 0.25) is 0 Å². The van der Waals surface area contributed by atoms with Gasteiger partial charge in [0, 0.05) is 22.3 Å². The van der Waals surface area contributed by atoms with Crippen molar-refractivity contribution >= 4 is 29.2 Å². The molecule has 2 aromatic carbocycles. The third kappa shape index (κ3) is 4.43. The Balaban J connectivity index is 2.01. The van der Waals surface area contributed by atoms with Crippen LogP contribution < -0.4 is 16.4 Å². The first-order valence-electron chi connectivity index (χ1n) is 6.65. The molecule has 110 valence electrons. The van der Waals surface area contributed by atoms with Gasteiger partial charge in [0.15, 0.2) is 0 Å². The molecule has 0 heterocycles. The van der Waals surface area contributed by atoms with Crippen LogP contribution in [0.25, 0.3) is 0 Å². The van der Waals surface area contributed by atoms with Gasteiger partial charge in [0.25, 0.3) is 0 Å². The summed E-state index contributed by atoms with van der Waals surface area (Å²) in [5.74, 6) is 0. The van der Waals surface area contributed by atoms with Crippen molar-refractivity contribution in [1.29, 1.82) is 0 Å². The monoisotopic (exact) mass is 301 g/mol. The van der Waals surface area contributed by atoms with Crippen molar-refractivity contribution in [2.24, 2.45) is 5.73 Å². The van der Waals surface area contributed by atoms with Gasteiger partial charge in [-0.1, -0.05) is 12.1 Å². The SMILES string of the molecule is CSc1ccc(C(C)Nc2ccc(NC(N)=O)cc2)cc1. The van der Waals surface area contributed by atoms with E-state index in [-0.39, 0.29) is 6.04 Å². The van der Waals surface area contributed by atoms with E-state index in [1.807, 2.05) is 24.3 Å². The number of nitrogens with one attached hydrogen (secondary N) is 2. The van der Waals surface area contributed by atoms with Gasteiger partial charge in [-0.2, -0.15) is 0 Å². The first-order chi connectivity index (χ1) is 10.1. The normalized spacial score (nSPS) is 11.7. The number of benzene rings is 2. The second-order valence-electron chi connectivity index (χ2n) is 4.71. The second kappa shape index (κ2) is 7.04. The van der Waals surface area contributed by atoms with Crippen LogP contribution in [-0.2, 0) is 0 Å². The van der Waals surface area contributed by atoms with E-state index in [9.17, 15) is 4.79 Å². The smallest absolute Gasteiger partial charge is 0.316 e. The molecule has 0 aliphatic rings. The van der Waals surface area contributed by atoms with Crippen LogP contribution in [0, 0.1) is 0 Å². The highest BCUT2D eigenvalue weighted by Gasteiger charge is 2.05. The largest absolute Gasteiger partial charge is 0.379 e. The molecule has 0 saturated carbocycles. The molecule has 2 amide bonds. The van der Waals surface area contributed by atoms with Crippen LogP contribution in [0.5, 0.6) is 0 Å². The third-order valence-electron chi connectivity index (χ3n) is 3.15. The topological polar surface area (TPSA) is 67.2 Å². The zero-order chi connectivity index (χ0) is 15.2. The molecule has 5 heteroatoms. The molecule has 4 nitrogen and oxygen atoms in total. The number of thioether (sulfide) groups is 1. The molecule has 2 rings (SSSR count). The van der Waals surface area contributed by atoms with Gasteiger partial charge in [0.05, 0.1) is 0 Å². The van der Waals surface area contributed by atoms with Crippen LogP contribution in [-0.4, -0.2) is 12.3 Å². The molecule has 0 radical (unpaired) electrons. The Hall–Kier alpha value is -2.14. The zero-order valence-corrected chi connectivity index (χ0v) is 12.9. The van der Waals surface area contributed by atoms with Gasteiger partial charge in [-0.15, -0.1) is 11.8 Å². The van der Waals surface area contributed by atoms with Gasteiger partial charge >= 0.3 is 6.03 Å². The highest BCUT2D eigenvalue weighted by atomic mass is 32.2. The van der Waals surface area contributed by atoms with Crippen molar-refractivity contribution in [1.82, 2.24) is 0 Å². The first-order valence-corrected chi connectivity index (χ1v) is 7.88. The maximum absolute atomic E-state index is 10.8. The molecule has 4 N–H and O–H groups in total. The van der Waals surface area contributed by atoms with Crippen LogP contribution >= 0.6 is 11.8 Å². The maximum Gasteiger partial charge on any atom is 0.316 e. The lowest BCUT2D eigenvalue weighted by molar-refractivity contribution is 0.259. The summed E-state index contributed by atoms with van der Waals surface area (Å²) in [6, 6.07) is 15.6. The molecule has 2 aromatic rings. The van der Waals surface area contributed by atoms with Gasteiger partial charge in [-0.25, -0.2) is 4.79 Å². The minimum Gasteiger partial charge on any atom is -0.379 e. The summed E-state index contributed by atoms with van der Waals surface area (Å²) in [4.78, 5) is 12.0. The van der Waals surface area contributed by atoms with E-state index >= 15 is 0 Å². The molecule has 0 saturated heterocycles. The maximum atomic E-state index is 10.8. The fourth-order valence-corrected chi connectivity index (χ4v) is 2.43. The molecule has 0 bridgehead atoms. The number of carbonyl (C=O) groups excluding carboxylic acids is 1. The number of hydrogen-bond acceptors (Lipinski definition) is 3. The Labute approximate surface area is 129 Å². The lowest BCUT2D eigenvalue weighted by Gasteiger charge is -2.16. The van der Waals surface area contributed by atoms with E-state index in [1.165, 1.54) is 10.5 Å². The quantitative estimate of drug-likeness (QED) is 0.729. The summed E-state index contributed by atoms with van der Waals surface area (Å²) in [6.45, 7) is 2.11. The highest BCUT2D eigenvalue weighted by molar-refractivity contribution is 7.98. The summed E-state index contributed by atoms with van der Waals surface area (Å²) < 4.78 is 0. The van der Waals surface area contributed by atoms with Gasteiger partial charge < -0.3 is 16.4 Å². The fourth-order valence-electron chi connectivity index (χ4n) is 2.02. The van der Waals surface area contributed by atoms with E-state index in [0.29, 0.717) is 5.69 Å². The number of carbonyl (C=O) groups is 1. The van der Waals surface area contributed by atoms with E-state index in [4.69, 9.17) is 5.73 Å². The van der Waals surface area contributed by atoms with Gasteiger partial charge in [0.1, 0.15) is 0 Å². The summed E-state index contributed by atoms with van der Waals surface area (Å²) in [5.41, 5.74) is 7.98. The summed E-state index contributed by atoms with van der Waals surface area (Å²) in [5, 5.41) is 5.96. The standard InChI is InChI=1S/C16H19N3OS/c1-11(12-3-9-15(21-2)10-4-12)18-13-5-7-14(8-6-13)19-16(17)20/h3-11,18H,1-2H3,(H3,17,19,20). The molecular formula is C16H19N3OS. The average molecular weight is 301 g/mol. The number of rotatable bonds is 5. The van der Waals surface area contributed by atoms with Crippen molar-refractivity contribution in [3.05, 3.63) is 54.1 Å². The number of nitrogens with two attached hydrogens (primary N) is 1. The van der Waals surface area contributed by atoms with Crippen molar-refractivity contribution < 1.29 is 4.79 Å². The van der Waals surface area contributed by atoms with Crippen molar-refractivity contribution in [3.63, 3.8) is 0 Å². The number of anilines is 2.